The Morgan fingerprint density at radius 2 is 1.94 bits per heavy atom. The largest absolute Gasteiger partial charge is 0.497 e. The molecular weight excluding hydrogens is 216 g/mol. The van der Waals surface area contributed by atoms with Gasteiger partial charge in [-0.1, -0.05) is 20.3 Å². The Balaban J connectivity index is 3.26. The third-order valence-electron chi connectivity index (χ3n) is 3.52. The van der Waals surface area contributed by atoms with Gasteiger partial charge in [0.2, 0.25) is 0 Å². The molecule has 1 rings (SSSR count). The molecule has 0 radical (unpaired) electrons. The molecule has 2 atom stereocenters. The predicted molar refractivity (Wildman–Crippen MR) is 68.6 cm³/mol. The summed E-state index contributed by atoms with van der Waals surface area (Å²) in [5, 5.41) is 10.7. The first-order valence-electron chi connectivity index (χ1n) is 5.92. The van der Waals surface area contributed by atoms with Gasteiger partial charge in [0, 0.05) is 5.56 Å². The Kier molecular flexibility index (Phi) is 4.40. The molecule has 0 amide bonds. The SMILES string of the molecule is CCC(C)C(C)(O)c1cc(OC)ccc1OC. The van der Waals surface area contributed by atoms with Crippen LogP contribution in [-0.4, -0.2) is 19.3 Å². The summed E-state index contributed by atoms with van der Waals surface area (Å²) >= 11 is 0. The molecule has 0 saturated carbocycles. The van der Waals surface area contributed by atoms with Crippen molar-refractivity contribution in [3.8, 4) is 11.5 Å². The highest BCUT2D eigenvalue weighted by Crippen LogP contribution is 2.38. The van der Waals surface area contributed by atoms with Gasteiger partial charge in [0.15, 0.2) is 0 Å². The van der Waals surface area contributed by atoms with E-state index in [1.807, 2.05) is 32.0 Å². The van der Waals surface area contributed by atoms with Gasteiger partial charge in [0.25, 0.3) is 0 Å². The molecule has 3 nitrogen and oxygen atoms in total. The zero-order valence-corrected chi connectivity index (χ0v) is 11.3. The second-order valence-corrected chi connectivity index (χ2v) is 4.52. The van der Waals surface area contributed by atoms with E-state index in [0.717, 1.165) is 17.7 Å². The van der Waals surface area contributed by atoms with Crippen LogP contribution in [0.1, 0.15) is 32.8 Å². The van der Waals surface area contributed by atoms with Crippen LogP contribution < -0.4 is 9.47 Å². The van der Waals surface area contributed by atoms with E-state index in [1.165, 1.54) is 0 Å². The highest BCUT2D eigenvalue weighted by atomic mass is 16.5. The van der Waals surface area contributed by atoms with Crippen LogP contribution in [0, 0.1) is 5.92 Å². The summed E-state index contributed by atoms with van der Waals surface area (Å²) in [6, 6.07) is 5.49. The van der Waals surface area contributed by atoms with Crippen LogP contribution >= 0.6 is 0 Å². The molecule has 0 spiro atoms. The topological polar surface area (TPSA) is 38.7 Å². The minimum absolute atomic E-state index is 0.142. The first kappa shape index (κ1) is 13.8. The molecule has 0 aliphatic carbocycles. The van der Waals surface area contributed by atoms with Gasteiger partial charge in [-0.25, -0.2) is 0 Å². The Hall–Kier alpha value is -1.22. The van der Waals surface area contributed by atoms with E-state index in [-0.39, 0.29) is 5.92 Å². The van der Waals surface area contributed by atoms with Crippen molar-refractivity contribution in [2.24, 2.45) is 5.92 Å². The highest BCUT2D eigenvalue weighted by Gasteiger charge is 2.32. The molecule has 0 aliphatic rings. The number of benzene rings is 1. The monoisotopic (exact) mass is 238 g/mol. The molecule has 96 valence electrons. The van der Waals surface area contributed by atoms with Gasteiger partial charge in [-0.3, -0.25) is 0 Å². The minimum atomic E-state index is -0.922. The Bertz CT molecular complexity index is 372. The maximum absolute atomic E-state index is 10.7. The van der Waals surface area contributed by atoms with Crippen molar-refractivity contribution in [2.75, 3.05) is 14.2 Å². The van der Waals surface area contributed by atoms with Crippen LogP contribution in [-0.2, 0) is 5.60 Å². The van der Waals surface area contributed by atoms with Gasteiger partial charge < -0.3 is 14.6 Å². The Morgan fingerprint density at radius 3 is 2.41 bits per heavy atom. The van der Waals surface area contributed by atoms with Crippen LogP contribution in [0.15, 0.2) is 18.2 Å². The molecule has 1 aromatic carbocycles. The van der Waals surface area contributed by atoms with E-state index in [9.17, 15) is 5.11 Å². The summed E-state index contributed by atoms with van der Waals surface area (Å²) in [5.41, 5.74) is -0.150. The average Bonchev–Trinajstić information content (AvgIpc) is 2.36. The van der Waals surface area contributed by atoms with Crippen LogP contribution in [0.25, 0.3) is 0 Å². The lowest BCUT2D eigenvalue weighted by Crippen LogP contribution is -2.30. The number of ether oxygens (including phenoxy) is 2. The second kappa shape index (κ2) is 5.41. The molecule has 0 aliphatic heterocycles. The van der Waals surface area contributed by atoms with Crippen molar-refractivity contribution >= 4 is 0 Å². The van der Waals surface area contributed by atoms with Crippen molar-refractivity contribution in [3.05, 3.63) is 23.8 Å². The average molecular weight is 238 g/mol. The normalized spacial score (nSPS) is 16.1. The van der Waals surface area contributed by atoms with Crippen LogP contribution in [0.2, 0.25) is 0 Å². The van der Waals surface area contributed by atoms with E-state index in [0.29, 0.717) is 5.75 Å². The quantitative estimate of drug-likeness (QED) is 0.857. The zero-order valence-electron chi connectivity index (χ0n) is 11.3. The Labute approximate surface area is 103 Å². The smallest absolute Gasteiger partial charge is 0.125 e. The Morgan fingerprint density at radius 1 is 1.29 bits per heavy atom. The molecular formula is C14H22O3. The van der Waals surface area contributed by atoms with Crippen LogP contribution in [0.5, 0.6) is 11.5 Å². The van der Waals surface area contributed by atoms with Gasteiger partial charge in [0.05, 0.1) is 19.8 Å². The summed E-state index contributed by atoms with van der Waals surface area (Å²) in [6.45, 7) is 5.91. The van der Waals surface area contributed by atoms with E-state index in [4.69, 9.17) is 9.47 Å². The highest BCUT2D eigenvalue weighted by molar-refractivity contribution is 5.43. The van der Waals surface area contributed by atoms with Crippen molar-refractivity contribution in [1.82, 2.24) is 0 Å². The van der Waals surface area contributed by atoms with Crippen LogP contribution in [0.4, 0.5) is 0 Å². The first-order valence-corrected chi connectivity index (χ1v) is 5.92. The molecule has 3 heteroatoms. The fourth-order valence-corrected chi connectivity index (χ4v) is 1.87. The van der Waals surface area contributed by atoms with Crippen molar-refractivity contribution in [2.45, 2.75) is 32.8 Å². The summed E-state index contributed by atoms with van der Waals surface area (Å²) in [7, 11) is 3.22. The maximum Gasteiger partial charge on any atom is 0.125 e. The third-order valence-corrected chi connectivity index (χ3v) is 3.52. The van der Waals surface area contributed by atoms with Crippen LogP contribution in [0.3, 0.4) is 0 Å². The molecule has 0 saturated heterocycles. The van der Waals surface area contributed by atoms with Crippen molar-refractivity contribution < 1.29 is 14.6 Å². The summed E-state index contributed by atoms with van der Waals surface area (Å²) in [5.74, 6) is 1.56. The molecule has 0 aromatic heterocycles. The molecule has 0 bridgehead atoms. The van der Waals surface area contributed by atoms with E-state index in [2.05, 4.69) is 6.92 Å². The number of methoxy groups -OCH3 is 2. The van der Waals surface area contributed by atoms with Crippen molar-refractivity contribution in [1.29, 1.82) is 0 Å². The maximum atomic E-state index is 10.7. The zero-order chi connectivity index (χ0) is 13.1. The molecule has 17 heavy (non-hydrogen) atoms. The fourth-order valence-electron chi connectivity index (χ4n) is 1.87. The second-order valence-electron chi connectivity index (χ2n) is 4.52. The lowest BCUT2D eigenvalue weighted by Gasteiger charge is -2.31. The van der Waals surface area contributed by atoms with E-state index >= 15 is 0 Å². The van der Waals surface area contributed by atoms with Gasteiger partial charge in [0.1, 0.15) is 11.5 Å². The third kappa shape index (κ3) is 2.72. The van der Waals surface area contributed by atoms with Gasteiger partial charge in [-0.15, -0.1) is 0 Å². The van der Waals surface area contributed by atoms with E-state index in [1.54, 1.807) is 14.2 Å². The van der Waals surface area contributed by atoms with Gasteiger partial charge in [-0.05, 0) is 31.0 Å². The van der Waals surface area contributed by atoms with E-state index < -0.39 is 5.60 Å². The number of aliphatic hydroxyl groups is 1. The van der Waals surface area contributed by atoms with Gasteiger partial charge in [-0.2, -0.15) is 0 Å². The molecule has 0 fully saturated rings. The summed E-state index contributed by atoms with van der Waals surface area (Å²) < 4.78 is 10.5. The van der Waals surface area contributed by atoms with Gasteiger partial charge >= 0.3 is 0 Å². The number of hydrogen-bond donors (Lipinski definition) is 1. The standard InChI is InChI=1S/C14H22O3/c1-6-10(2)14(3,15)12-9-11(16-4)7-8-13(12)17-5/h7-10,15H,6H2,1-5H3. The molecule has 1 N–H and O–H groups in total. The molecule has 1 aromatic rings. The first-order chi connectivity index (χ1) is 7.97. The minimum Gasteiger partial charge on any atom is -0.497 e. The summed E-state index contributed by atoms with van der Waals surface area (Å²) in [4.78, 5) is 0. The number of hydrogen-bond acceptors (Lipinski definition) is 3. The number of rotatable bonds is 5. The molecule has 0 heterocycles. The van der Waals surface area contributed by atoms with Crippen molar-refractivity contribution in [3.63, 3.8) is 0 Å². The summed E-state index contributed by atoms with van der Waals surface area (Å²) in [6.07, 6.45) is 0.896. The lowest BCUT2D eigenvalue weighted by atomic mass is 9.82. The fraction of sp³-hybridized carbons (Fsp3) is 0.571. The lowest BCUT2D eigenvalue weighted by molar-refractivity contribution is -0.00213. The molecule has 2 unspecified atom stereocenters. The predicted octanol–water partition coefficient (Wildman–Crippen LogP) is 2.96.